The summed E-state index contributed by atoms with van der Waals surface area (Å²) in [7, 11) is 0. The van der Waals surface area contributed by atoms with Gasteiger partial charge in [0.2, 0.25) is 0 Å². The second-order valence-electron chi connectivity index (χ2n) is 4.68. The number of rotatable bonds is 3. The monoisotopic (exact) mass is 657 g/mol. The minimum Gasteiger partial charge on any atom is -0.281 e. The molecule has 36 heavy (non-hydrogen) atoms. The van der Waals surface area contributed by atoms with Gasteiger partial charge in [0.25, 0.3) is 18.3 Å². The van der Waals surface area contributed by atoms with Gasteiger partial charge in [0.15, 0.2) is 0 Å². The van der Waals surface area contributed by atoms with Gasteiger partial charge in [-0.05, 0) is 0 Å². The first-order chi connectivity index (χ1) is 14.1. The van der Waals surface area contributed by atoms with Gasteiger partial charge in [0, 0.05) is 0 Å². The van der Waals surface area contributed by atoms with Crippen LogP contribution < -0.4 is 0 Å². The maximum Gasteiger partial charge on any atom is 0.424 e. The molecule has 0 fully saturated rings. The van der Waals surface area contributed by atoms with Crippen LogP contribution in [-0.2, 0) is 12.5 Å². The third-order valence-corrected chi connectivity index (χ3v) is 2.65. The molecular formula is C9H6F21O3S3. The lowest BCUT2D eigenvalue weighted by molar-refractivity contribution is -0.297. The Labute approximate surface area is 200 Å². The molecule has 0 spiro atoms. The van der Waals surface area contributed by atoms with Crippen molar-refractivity contribution in [3.8, 4) is 0 Å². The lowest BCUT2D eigenvalue weighted by Gasteiger charge is -2.19. The molecule has 0 saturated heterocycles. The van der Waals surface area contributed by atoms with Gasteiger partial charge in [-0.2, -0.15) is 79.0 Å². The predicted octanol–water partition coefficient (Wildman–Crippen LogP) is 8.28. The summed E-state index contributed by atoms with van der Waals surface area (Å²) in [4.78, 5) is 0. The molecular weight excluding hydrogens is 651 g/mol. The van der Waals surface area contributed by atoms with E-state index in [1.165, 1.54) is 0 Å². The normalized spacial score (nSPS) is 13.0. The minimum atomic E-state index is -5.50. The van der Waals surface area contributed by atoms with Crippen LogP contribution in [0.25, 0.3) is 0 Å². The molecule has 0 aliphatic rings. The highest BCUT2D eigenvalue weighted by Gasteiger charge is 2.59. The average molecular weight is 657 g/mol. The van der Waals surface area contributed by atoms with E-state index in [4.69, 9.17) is 0 Å². The summed E-state index contributed by atoms with van der Waals surface area (Å²) in [5.74, 6) is 0. The first-order valence-electron chi connectivity index (χ1n) is 6.34. The van der Waals surface area contributed by atoms with Crippen molar-refractivity contribution in [2.45, 2.75) is 55.4 Å². The second-order valence-corrected chi connectivity index (χ2v) is 5.26. The summed E-state index contributed by atoms with van der Waals surface area (Å²) in [6.45, 7) is 0. The maximum atomic E-state index is 11.3. The molecule has 0 heterocycles. The van der Waals surface area contributed by atoms with Crippen LogP contribution in [0.2, 0.25) is 0 Å². The Bertz CT molecular complexity index is 417. The third kappa shape index (κ3) is 20.5. The molecule has 0 atom stereocenters. The summed E-state index contributed by atoms with van der Waals surface area (Å²) >= 11 is 9.69. The van der Waals surface area contributed by atoms with E-state index in [1.807, 2.05) is 0 Å². The third-order valence-electron chi connectivity index (χ3n) is 2.07. The lowest BCUT2D eigenvalue weighted by atomic mass is 10.3. The van der Waals surface area contributed by atoms with Crippen molar-refractivity contribution < 1.29 is 106 Å². The van der Waals surface area contributed by atoms with Gasteiger partial charge in [0.05, 0.1) is 38.7 Å². The van der Waals surface area contributed by atoms with Crippen LogP contribution in [0.5, 0.6) is 0 Å². The Morgan fingerprint density at radius 1 is 0.306 bits per heavy atom. The van der Waals surface area contributed by atoms with Crippen molar-refractivity contribution in [1.82, 2.24) is 0 Å². The Morgan fingerprint density at radius 3 is 0.389 bits per heavy atom. The zero-order chi connectivity index (χ0) is 27.9. The molecule has 0 N–H and O–H groups in total. The number of alkyl halides is 18. The molecule has 0 saturated carbocycles. The lowest BCUT2D eigenvalue weighted by Crippen LogP contribution is -2.42. The Balaban J connectivity index is -0.0000000900. The molecule has 0 rings (SSSR count). The summed E-state index contributed by atoms with van der Waals surface area (Å²) in [5.41, 5.74) is 0. The van der Waals surface area contributed by atoms with Gasteiger partial charge >= 0.3 is 37.1 Å². The highest BCUT2D eigenvalue weighted by Crippen LogP contribution is 2.37. The van der Waals surface area contributed by atoms with Crippen LogP contribution >= 0.6 is 38.7 Å². The Hall–Kier alpha value is -0.540. The maximum absolute atomic E-state index is 11.3. The topological polar surface area (TPSA) is 27.7 Å². The van der Waals surface area contributed by atoms with Crippen LogP contribution in [0.3, 0.4) is 0 Å². The molecule has 3 nitrogen and oxygen atoms in total. The highest BCUT2D eigenvalue weighted by atomic mass is 32.1. The van der Waals surface area contributed by atoms with Gasteiger partial charge in [-0.3, -0.25) is 26.7 Å². The van der Waals surface area contributed by atoms with E-state index in [2.05, 4.69) is 51.3 Å². The standard InChI is InChI=1S/3C3HF6OS.3FH/c3*4-2(5,6)1(10-11)3(7,8)9;;;/h3*1H;3*1H. The molecule has 0 aromatic carbocycles. The average Bonchev–Trinajstić information content (AvgIpc) is 2.40. The van der Waals surface area contributed by atoms with Gasteiger partial charge in [0.1, 0.15) is 0 Å². The van der Waals surface area contributed by atoms with E-state index in [9.17, 15) is 79.0 Å². The van der Waals surface area contributed by atoms with Crippen molar-refractivity contribution in [2.75, 3.05) is 0 Å². The van der Waals surface area contributed by atoms with Crippen LogP contribution in [0.1, 0.15) is 0 Å². The zero-order valence-corrected chi connectivity index (χ0v) is 17.7. The van der Waals surface area contributed by atoms with Crippen LogP contribution in [0.4, 0.5) is 93.1 Å². The highest BCUT2D eigenvalue weighted by molar-refractivity contribution is 7.75. The van der Waals surface area contributed by atoms with E-state index in [0.717, 1.165) is 0 Å². The molecule has 27 heteroatoms. The Morgan fingerprint density at radius 2 is 0.389 bits per heavy atom. The van der Waals surface area contributed by atoms with E-state index in [-0.39, 0.29) is 14.1 Å². The van der Waals surface area contributed by atoms with E-state index in [1.54, 1.807) is 0 Å². The summed E-state index contributed by atoms with van der Waals surface area (Å²) in [6, 6.07) is 0. The Kier molecular flexibility index (Phi) is 23.1. The van der Waals surface area contributed by atoms with E-state index < -0.39 is 55.4 Å². The summed E-state index contributed by atoms with van der Waals surface area (Å²) < 4.78 is 212. The summed E-state index contributed by atoms with van der Waals surface area (Å²) in [5, 5.41) is 0. The molecule has 0 amide bonds. The van der Waals surface area contributed by atoms with Gasteiger partial charge < -0.3 is 0 Å². The molecule has 225 valence electrons. The van der Waals surface area contributed by atoms with Crippen molar-refractivity contribution >= 4 is 38.7 Å². The predicted molar refractivity (Wildman–Crippen MR) is 81.2 cm³/mol. The first-order valence-corrected chi connectivity index (χ1v) is 7.34. The van der Waals surface area contributed by atoms with Gasteiger partial charge in [-0.25, -0.2) is 0 Å². The van der Waals surface area contributed by atoms with Gasteiger partial charge in [-0.15, -0.1) is 0 Å². The summed E-state index contributed by atoms with van der Waals surface area (Å²) in [6.07, 6.45) is -44.6. The second kappa shape index (κ2) is 17.1. The largest absolute Gasteiger partial charge is 0.424 e. The van der Waals surface area contributed by atoms with Crippen LogP contribution in [0.15, 0.2) is 0 Å². The minimum absolute atomic E-state index is 0. The first kappa shape index (κ1) is 48.5. The quantitative estimate of drug-likeness (QED) is 0.286. The number of halogens is 21. The molecule has 0 bridgehead atoms. The van der Waals surface area contributed by atoms with Gasteiger partial charge in [-0.1, -0.05) is 0 Å². The number of hydrogen-bond donors (Lipinski definition) is 0. The van der Waals surface area contributed by atoms with Crippen LogP contribution in [0, 0.1) is 0 Å². The molecule has 0 unspecified atom stereocenters. The van der Waals surface area contributed by atoms with Crippen molar-refractivity contribution in [3.63, 3.8) is 0 Å². The zero-order valence-electron chi connectivity index (χ0n) is 15.2. The molecule has 0 aromatic rings. The van der Waals surface area contributed by atoms with Crippen molar-refractivity contribution in [3.05, 3.63) is 0 Å². The molecule has 0 aliphatic heterocycles. The molecule has 0 aromatic heterocycles. The fraction of sp³-hybridized carbons (Fsp3) is 1.00. The van der Waals surface area contributed by atoms with E-state index in [0.29, 0.717) is 0 Å². The van der Waals surface area contributed by atoms with Crippen LogP contribution in [-0.4, -0.2) is 55.4 Å². The van der Waals surface area contributed by atoms with E-state index >= 15 is 0 Å². The van der Waals surface area contributed by atoms with Crippen molar-refractivity contribution in [1.29, 1.82) is 0 Å². The molecule has 0 aliphatic carbocycles. The smallest absolute Gasteiger partial charge is 0.281 e. The van der Waals surface area contributed by atoms with Crippen molar-refractivity contribution in [2.24, 2.45) is 0 Å². The SMILES string of the molecule is F.F.F.FC(F)(F)C(O[S])C(F)(F)F.FC(F)(F)C(O[S])C(F)(F)F.FC(F)(F)C(O[S])C(F)(F)F. The fourth-order valence-corrected chi connectivity index (χ4v) is 1.54. The number of hydrogen-bond acceptors (Lipinski definition) is 3. The molecule has 3 radical (unpaired) electrons. The fourth-order valence-electron chi connectivity index (χ4n) is 0.884.